The molecule has 2 rings (SSSR count). The van der Waals surface area contributed by atoms with Gasteiger partial charge in [0, 0.05) is 18.6 Å². The third-order valence-electron chi connectivity index (χ3n) is 4.61. The number of Topliss-reactive ketones (excluding diaryl/α,β-unsaturated/α-hetero) is 1. The summed E-state index contributed by atoms with van der Waals surface area (Å²) >= 11 is 0. The van der Waals surface area contributed by atoms with E-state index < -0.39 is 0 Å². The van der Waals surface area contributed by atoms with E-state index in [2.05, 4.69) is 33.8 Å². The quantitative estimate of drug-likeness (QED) is 0.758. The van der Waals surface area contributed by atoms with Crippen molar-refractivity contribution in [3.63, 3.8) is 0 Å². The van der Waals surface area contributed by atoms with Gasteiger partial charge in [-0.1, -0.05) is 6.07 Å². The Morgan fingerprint density at radius 2 is 1.80 bits per heavy atom. The fraction of sp³-hybridized carbons (Fsp3) is 0.611. The maximum Gasteiger partial charge on any atom is 0.163 e. The van der Waals surface area contributed by atoms with Crippen molar-refractivity contribution in [2.24, 2.45) is 0 Å². The minimum Gasteiger partial charge on any atom is -0.378 e. The van der Waals surface area contributed by atoms with Crippen molar-refractivity contribution in [3.8, 4) is 0 Å². The molecule has 1 unspecified atom stereocenters. The first-order chi connectivity index (χ1) is 9.50. The molecule has 20 heavy (non-hydrogen) atoms. The molecule has 0 amide bonds. The fourth-order valence-corrected chi connectivity index (χ4v) is 3.09. The topological polar surface area (TPSA) is 26.3 Å². The molecule has 2 nitrogen and oxygen atoms in total. The molecule has 110 valence electrons. The molecule has 1 saturated heterocycles. The number of hydrogen-bond acceptors (Lipinski definition) is 2. The van der Waals surface area contributed by atoms with E-state index in [1.807, 2.05) is 0 Å². The van der Waals surface area contributed by atoms with E-state index in [1.165, 1.54) is 24.0 Å². The highest BCUT2D eigenvalue weighted by Crippen LogP contribution is 2.25. The van der Waals surface area contributed by atoms with Crippen LogP contribution in [0.5, 0.6) is 0 Å². The molecule has 1 aromatic rings. The van der Waals surface area contributed by atoms with Gasteiger partial charge in [0.2, 0.25) is 0 Å². The zero-order valence-electron chi connectivity index (χ0n) is 13.2. The average molecular weight is 274 g/mol. The fourth-order valence-electron chi connectivity index (χ4n) is 3.09. The van der Waals surface area contributed by atoms with Gasteiger partial charge in [-0.25, -0.2) is 0 Å². The molecular formula is C18H26O2. The summed E-state index contributed by atoms with van der Waals surface area (Å²) in [5.74, 6) is 0.279. The molecule has 0 N–H and O–H groups in total. The predicted molar refractivity (Wildman–Crippen MR) is 82.5 cm³/mol. The van der Waals surface area contributed by atoms with Crippen LogP contribution in [0.25, 0.3) is 0 Å². The molecule has 1 aliphatic heterocycles. The average Bonchev–Trinajstić information content (AvgIpc) is 2.44. The molecule has 0 bridgehead atoms. The first-order valence-electron chi connectivity index (χ1n) is 7.73. The molecule has 1 fully saturated rings. The van der Waals surface area contributed by atoms with Gasteiger partial charge in [0.05, 0.1) is 6.10 Å². The predicted octanol–water partition coefficient (Wildman–Crippen LogP) is 4.45. The molecular weight excluding hydrogens is 248 g/mol. The monoisotopic (exact) mass is 274 g/mol. The van der Waals surface area contributed by atoms with Crippen molar-refractivity contribution in [1.29, 1.82) is 0 Å². The van der Waals surface area contributed by atoms with Crippen LogP contribution in [0.3, 0.4) is 0 Å². The summed E-state index contributed by atoms with van der Waals surface area (Å²) < 4.78 is 5.72. The first kappa shape index (κ1) is 15.2. The van der Waals surface area contributed by atoms with Crippen molar-refractivity contribution < 1.29 is 9.53 Å². The molecule has 0 aromatic heterocycles. The Kier molecular flexibility index (Phi) is 4.98. The van der Waals surface area contributed by atoms with Gasteiger partial charge < -0.3 is 4.74 Å². The van der Waals surface area contributed by atoms with E-state index >= 15 is 0 Å². The Balaban J connectivity index is 2.09. The molecule has 0 saturated carbocycles. The lowest BCUT2D eigenvalue weighted by Crippen LogP contribution is -2.20. The van der Waals surface area contributed by atoms with Gasteiger partial charge in [-0.05, 0) is 75.6 Å². The minimum atomic E-state index is 0.279. The van der Waals surface area contributed by atoms with Gasteiger partial charge in [0.15, 0.2) is 5.78 Å². The number of hydrogen-bond donors (Lipinski definition) is 0. The smallest absolute Gasteiger partial charge is 0.163 e. The third-order valence-corrected chi connectivity index (χ3v) is 4.61. The van der Waals surface area contributed by atoms with Crippen LogP contribution in [0.1, 0.15) is 64.7 Å². The molecule has 2 heteroatoms. The van der Waals surface area contributed by atoms with E-state index in [4.69, 9.17) is 4.74 Å². The summed E-state index contributed by atoms with van der Waals surface area (Å²) in [5, 5.41) is 0. The van der Waals surface area contributed by atoms with Crippen molar-refractivity contribution in [2.45, 2.75) is 65.9 Å². The number of aryl methyl sites for hydroxylation is 2. The van der Waals surface area contributed by atoms with Crippen LogP contribution in [0.15, 0.2) is 6.07 Å². The van der Waals surface area contributed by atoms with E-state index in [-0.39, 0.29) is 5.78 Å². The van der Waals surface area contributed by atoms with Crippen molar-refractivity contribution in [2.75, 3.05) is 6.61 Å². The number of ether oxygens (including phenoxy) is 1. The normalized spacial score (nSPS) is 19.1. The minimum absolute atomic E-state index is 0.279. The van der Waals surface area contributed by atoms with Crippen LogP contribution in [-0.2, 0) is 4.74 Å². The molecule has 1 aromatic carbocycles. The summed E-state index contributed by atoms with van der Waals surface area (Å²) in [6.45, 7) is 9.16. The number of carbonyl (C=O) groups is 1. The number of rotatable bonds is 4. The molecule has 1 aliphatic rings. The zero-order valence-corrected chi connectivity index (χ0v) is 13.2. The van der Waals surface area contributed by atoms with Gasteiger partial charge in [0.25, 0.3) is 0 Å². The zero-order chi connectivity index (χ0) is 14.7. The van der Waals surface area contributed by atoms with Crippen LogP contribution < -0.4 is 0 Å². The number of benzene rings is 1. The van der Waals surface area contributed by atoms with Gasteiger partial charge in [-0.3, -0.25) is 4.79 Å². The highest BCUT2D eigenvalue weighted by atomic mass is 16.5. The molecule has 0 radical (unpaired) electrons. The highest BCUT2D eigenvalue weighted by Gasteiger charge is 2.19. The Bertz CT molecular complexity index is 470. The summed E-state index contributed by atoms with van der Waals surface area (Å²) in [5.41, 5.74) is 5.65. The SMILES string of the molecule is Cc1cc(C)c(C)c(C(=O)CCC2CCCCO2)c1C. The van der Waals surface area contributed by atoms with E-state index in [0.717, 1.165) is 36.1 Å². The summed E-state index contributed by atoms with van der Waals surface area (Å²) in [7, 11) is 0. The Morgan fingerprint density at radius 3 is 2.35 bits per heavy atom. The summed E-state index contributed by atoms with van der Waals surface area (Å²) in [6, 6.07) is 2.17. The van der Waals surface area contributed by atoms with Crippen LogP contribution in [0, 0.1) is 27.7 Å². The van der Waals surface area contributed by atoms with Crippen molar-refractivity contribution in [1.82, 2.24) is 0 Å². The second kappa shape index (κ2) is 6.53. The number of ketones is 1. The van der Waals surface area contributed by atoms with Crippen LogP contribution in [-0.4, -0.2) is 18.5 Å². The lowest BCUT2D eigenvalue weighted by molar-refractivity contribution is 0.0104. The van der Waals surface area contributed by atoms with E-state index in [1.54, 1.807) is 0 Å². The summed E-state index contributed by atoms with van der Waals surface area (Å²) in [6.07, 6.45) is 5.28. The van der Waals surface area contributed by atoms with Gasteiger partial charge >= 0.3 is 0 Å². The Hall–Kier alpha value is -1.15. The van der Waals surface area contributed by atoms with Crippen LogP contribution in [0.4, 0.5) is 0 Å². The molecule has 0 aliphatic carbocycles. The molecule has 1 heterocycles. The van der Waals surface area contributed by atoms with E-state index in [9.17, 15) is 4.79 Å². The Morgan fingerprint density at radius 1 is 1.15 bits per heavy atom. The van der Waals surface area contributed by atoms with Crippen molar-refractivity contribution in [3.05, 3.63) is 33.9 Å². The molecule has 0 spiro atoms. The highest BCUT2D eigenvalue weighted by molar-refractivity contribution is 5.99. The van der Waals surface area contributed by atoms with Gasteiger partial charge in [0.1, 0.15) is 0 Å². The second-order valence-electron chi connectivity index (χ2n) is 6.09. The lowest BCUT2D eigenvalue weighted by Gasteiger charge is -2.22. The first-order valence-corrected chi connectivity index (χ1v) is 7.73. The molecule has 1 atom stereocenters. The maximum absolute atomic E-state index is 12.6. The van der Waals surface area contributed by atoms with E-state index in [0.29, 0.717) is 12.5 Å². The number of carbonyl (C=O) groups excluding carboxylic acids is 1. The largest absolute Gasteiger partial charge is 0.378 e. The summed E-state index contributed by atoms with van der Waals surface area (Å²) in [4.78, 5) is 12.6. The third kappa shape index (κ3) is 3.29. The van der Waals surface area contributed by atoms with Crippen molar-refractivity contribution >= 4 is 5.78 Å². The lowest BCUT2D eigenvalue weighted by atomic mass is 9.89. The van der Waals surface area contributed by atoms with Gasteiger partial charge in [-0.2, -0.15) is 0 Å². The standard InChI is InChI=1S/C18H26O2/c1-12-11-13(2)15(4)18(14(12)3)17(19)9-8-16-7-5-6-10-20-16/h11,16H,5-10H2,1-4H3. The maximum atomic E-state index is 12.6. The van der Waals surface area contributed by atoms with Crippen LogP contribution >= 0.6 is 0 Å². The van der Waals surface area contributed by atoms with Gasteiger partial charge in [-0.15, -0.1) is 0 Å². The second-order valence-corrected chi connectivity index (χ2v) is 6.09. The Labute approximate surface area is 122 Å². The van der Waals surface area contributed by atoms with Crippen LogP contribution in [0.2, 0.25) is 0 Å².